The van der Waals surface area contributed by atoms with Crippen molar-refractivity contribution in [2.24, 2.45) is 5.92 Å². The zero-order valence-electron chi connectivity index (χ0n) is 13.9. The molecule has 0 radical (unpaired) electrons. The van der Waals surface area contributed by atoms with Gasteiger partial charge in [0, 0.05) is 12.6 Å². The summed E-state index contributed by atoms with van der Waals surface area (Å²) < 4.78 is 39.1. The van der Waals surface area contributed by atoms with E-state index in [1.165, 1.54) is 24.3 Å². The highest BCUT2D eigenvalue weighted by Gasteiger charge is 2.33. The molecule has 1 aromatic heterocycles. The van der Waals surface area contributed by atoms with Crippen molar-refractivity contribution in [3.8, 4) is 0 Å². The molecule has 0 bridgehead atoms. The number of carbonyl (C=O) groups is 1. The van der Waals surface area contributed by atoms with E-state index in [1.807, 2.05) is 13.8 Å². The molecule has 25 heavy (non-hydrogen) atoms. The number of halogens is 3. The maximum Gasteiger partial charge on any atom is 0.418 e. The summed E-state index contributed by atoms with van der Waals surface area (Å²) in [4.78, 5) is 19.8. The third-order valence-corrected chi connectivity index (χ3v) is 3.40. The Labute approximate surface area is 143 Å². The number of nitrogens with one attached hydrogen (secondary N) is 2. The third kappa shape index (κ3) is 5.44. The summed E-state index contributed by atoms with van der Waals surface area (Å²) in [6.07, 6.45) is -2.54. The van der Waals surface area contributed by atoms with Crippen LogP contribution in [0.4, 0.5) is 24.7 Å². The molecule has 2 N–H and O–H groups in total. The zero-order chi connectivity index (χ0) is 18.4. The van der Waals surface area contributed by atoms with E-state index in [0.29, 0.717) is 12.5 Å². The summed E-state index contributed by atoms with van der Waals surface area (Å²) in [6, 6.07) is 6.38. The SMILES string of the molecule is CC(C)CCNC(=O)c1cc(Nc2ccccc2C(F)(F)F)ncn1. The van der Waals surface area contributed by atoms with Gasteiger partial charge in [-0.2, -0.15) is 13.2 Å². The van der Waals surface area contributed by atoms with Crippen molar-refractivity contribution in [3.05, 3.63) is 47.9 Å². The maximum absolute atomic E-state index is 13.0. The molecule has 0 fully saturated rings. The van der Waals surface area contributed by atoms with E-state index < -0.39 is 17.6 Å². The van der Waals surface area contributed by atoms with Crippen molar-refractivity contribution in [1.29, 1.82) is 0 Å². The first-order valence-electron chi connectivity index (χ1n) is 7.81. The second-order valence-corrected chi connectivity index (χ2v) is 5.90. The van der Waals surface area contributed by atoms with Gasteiger partial charge < -0.3 is 10.6 Å². The Morgan fingerprint density at radius 3 is 2.60 bits per heavy atom. The fraction of sp³-hybridized carbons (Fsp3) is 0.353. The predicted molar refractivity (Wildman–Crippen MR) is 88.5 cm³/mol. The van der Waals surface area contributed by atoms with E-state index in [-0.39, 0.29) is 17.2 Å². The van der Waals surface area contributed by atoms with Crippen LogP contribution in [0.5, 0.6) is 0 Å². The monoisotopic (exact) mass is 352 g/mol. The Morgan fingerprint density at radius 2 is 1.92 bits per heavy atom. The number of hydrogen-bond acceptors (Lipinski definition) is 4. The molecule has 0 atom stereocenters. The van der Waals surface area contributed by atoms with E-state index in [9.17, 15) is 18.0 Å². The molecule has 0 unspecified atom stereocenters. The molecule has 0 aliphatic heterocycles. The summed E-state index contributed by atoms with van der Waals surface area (Å²) in [5.41, 5.74) is -0.859. The van der Waals surface area contributed by atoms with Gasteiger partial charge in [-0.05, 0) is 24.5 Å². The smallest absolute Gasteiger partial charge is 0.351 e. The average molecular weight is 352 g/mol. The van der Waals surface area contributed by atoms with Crippen LogP contribution in [-0.4, -0.2) is 22.4 Å². The first-order valence-corrected chi connectivity index (χ1v) is 7.81. The molecule has 2 aromatic rings. The van der Waals surface area contributed by atoms with E-state index in [1.54, 1.807) is 0 Å². The van der Waals surface area contributed by atoms with Crippen LogP contribution in [0.25, 0.3) is 0 Å². The molecule has 0 saturated heterocycles. The van der Waals surface area contributed by atoms with Crippen LogP contribution < -0.4 is 10.6 Å². The summed E-state index contributed by atoms with van der Waals surface area (Å²) in [5.74, 6) is 0.165. The van der Waals surface area contributed by atoms with Crippen LogP contribution in [0, 0.1) is 5.92 Å². The van der Waals surface area contributed by atoms with Crippen LogP contribution >= 0.6 is 0 Å². The lowest BCUT2D eigenvalue weighted by Crippen LogP contribution is -2.26. The molecule has 0 aliphatic carbocycles. The van der Waals surface area contributed by atoms with E-state index >= 15 is 0 Å². The number of para-hydroxylation sites is 1. The van der Waals surface area contributed by atoms with E-state index in [0.717, 1.165) is 18.8 Å². The predicted octanol–water partition coefficient (Wildman–Crippen LogP) is 4.01. The molecule has 0 aliphatic rings. The van der Waals surface area contributed by atoms with Gasteiger partial charge in [-0.3, -0.25) is 4.79 Å². The molecule has 134 valence electrons. The fourth-order valence-electron chi connectivity index (χ4n) is 2.09. The Balaban J connectivity index is 2.14. The van der Waals surface area contributed by atoms with Gasteiger partial charge in [0.25, 0.3) is 5.91 Å². The number of carbonyl (C=O) groups excluding carboxylic acids is 1. The van der Waals surface area contributed by atoms with Gasteiger partial charge in [-0.15, -0.1) is 0 Å². The first kappa shape index (κ1) is 18.7. The summed E-state index contributed by atoms with van der Waals surface area (Å²) >= 11 is 0. The molecule has 0 spiro atoms. The van der Waals surface area contributed by atoms with Crippen molar-refractivity contribution in [2.75, 3.05) is 11.9 Å². The maximum atomic E-state index is 13.0. The molecule has 1 heterocycles. The minimum atomic E-state index is -4.49. The van der Waals surface area contributed by atoms with Crippen molar-refractivity contribution >= 4 is 17.4 Å². The quantitative estimate of drug-likeness (QED) is 0.824. The number of rotatable bonds is 6. The molecule has 1 amide bonds. The normalized spacial score (nSPS) is 11.4. The largest absolute Gasteiger partial charge is 0.418 e. The zero-order valence-corrected chi connectivity index (χ0v) is 13.9. The summed E-state index contributed by atoms with van der Waals surface area (Å²) in [7, 11) is 0. The molecular weight excluding hydrogens is 333 g/mol. The van der Waals surface area contributed by atoms with Crippen LogP contribution in [0.1, 0.15) is 36.3 Å². The van der Waals surface area contributed by atoms with Crippen molar-refractivity contribution in [1.82, 2.24) is 15.3 Å². The molecule has 1 aromatic carbocycles. The van der Waals surface area contributed by atoms with Gasteiger partial charge in [0.2, 0.25) is 0 Å². The number of aromatic nitrogens is 2. The van der Waals surface area contributed by atoms with Crippen LogP contribution in [0.2, 0.25) is 0 Å². The van der Waals surface area contributed by atoms with Gasteiger partial charge in [0.05, 0.1) is 11.3 Å². The topological polar surface area (TPSA) is 66.9 Å². The highest BCUT2D eigenvalue weighted by molar-refractivity contribution is 5.92. The minimum absolute atomic E-state index is 0.0887. The van der Waals surface area contributed by atoms with Gasteiger partial charge in [-0.25, -0.2) is 9.97 Å². The number of benzene rings is 1. The van der Waals surface area contributed by atoms with Crippen molar-refractivity contribution in [2.45, 2.75) is 26.4 Å². The Bertz CT molecular complexity index is 732. The van der Waals surface area contributed by atoms with Crippen LogP contribution in [-0.2, 0) is 6.18 Å². The van der Waals surface area contributed by atoms with Crippen molar-refractivity contribution in [3.63, 3.8) is 0 Å². The molecular formula is C17H19F3N4O. The Morgan fingerprint density at radius 1 is 1.20 bits per heavy atom. The number of anilines is 2. The molecule has 8 heteroatoms. The fourth-order valence-corrected chi connectivity index (χ4v) is 2.09. The second kappa shape index (κ2) is 7.96. The number of amides is 1. The number of nitrogens with zero attached hydrogens (tertiary/aromatic N) is 2. The number of hydrogen-bond donors (Lipinski definition) is 2. The van der Waals surface area contributed by atoms with Crippen LogP contribution in [0.15, 0.2) is 36.7 Å². The molecule has 2 rings (SSSR count). The Kier molecular flexibility index (Phi) is 5.95. The lowest BCUT2D eigenvalue weighted by molar-refractivity contribution is -0.136. The van der Waals surface area contributed by atoms with Gasteiger partial charge in [-0.1, -0.05) is 26.0 Å². The lowest BCUT2D eigenvalue weighted by atomic mass is 10.1. The highest BCUT2D eigenvalue weighted by atomic mass is 19.4. The summed E-state index contributed by atoms with van der Waals surface area (Å²) in [6.45, 7) is 4.58. The average Bonchev–Trinajstić information content (AvgIpc) is 2.54. The van der Waals surface area contributed by atoms with E-state index in [2.05, 4.69) is 20.6 Å². The van der Waals surface area contributed by atoms with E-state index in [4.69, 9.17) is 0 Å². The minimum Gasteiger partial charge on any atom is -0.351 e. The molecule has 0 saturated carbocycles. The van der Waals surface area contributed by atoms with Crippen molar-refractivity contribution < 1.29 is 18.0 Å². The van der Waals surface area contributed by atoms with Gasteiger partial charge in [0.15, 0.2) is 0 Å². The third-order valence-electron chi connectivity index (χ3n) is 3.40. The van der Waals surface area contributed by atoms with Gasteiger partial charge >= 0.3 is 6.18 Å². The standard InChI is InChI=1S/C17H19F3N4O/c1-11(2)7-8-21-16(25)14-9-15(23-10-22-14)24-13-6-4-3-5-12(13)17(18,19)20/h3-6,9-11H,7-8H2,1-2H3,(H,21,25)(H,22,23,24). The first-order chi connectivity index (χ1) is 11.8. The number of alkyl halides is 3. The Hall–Kier alpha value is -2.64. The second-order valence-electron chi connectivity index (χ2n) is 5.90. The molecule has 5 nitrogen and oxygen atoms in total. The highest BCUT2D eigenvalue weighted by Crippen LogP contribution is 2.35. The summed E-state index contributed by atoms with van der Waals surface area (Å²) in [5, 5.41) is 5.32. The lowest BCUT2D eigenvalue weighted by Gasteiger charge is -2.14. The van der Waals surface area contributed by atoms with Gasteiger partial charge in [0.1, 0.15) is 17.8 Å². The van der Waals surface area contributed by atoms with Crippen LogP contribution in [0.3, 0.4) is 0 Å².